The normalized spacial score (nSPS) is 11.9. The van der Waals surface area contributed by atoms with Crippen molar-refractivity contribution < 1.29 is 4.42 Å². The van der Waals surface area contributed by atoms with Crippen LogP contribution in [0.3, 0.4) is 0 Å². The summed E-state index contributed by atoms with van der Waals surface area (Å²) in [7, 11) is 0. The topological polar surface area (TPSA) is 56.7 Å². The second-order valence-electron chi connectivity index (χ2n) is 15.9. The molecule has 0 saturated carbocycles. The average Bonchev–Trinajstić information content (AvgIpc) is 3.90. The Bertz CT molecular complexity index is 3920. The number of nitrogens with zero attached hydrogens (tertiary/aromatic N) is 4. The molecule has 0 spiro atoms. The molecule has 5 nitrogen and oxygen atoms in total. The molecule has 13 aromatic rings. The molecule has 0 bridgehead atoms. The quantitative estimate of drug-likeness (QED) is 0.163. The third-order valence-electron chi connectivity index (χ3n) is 12.4. The SMILES string of the molecule is c1ccc(-c2ccc3c(c2)c2ccccc2n3-c2cc3c4ccccc4c4ccccc4c3cc2-c2nc(-c3ccccc3)nc(-c3cccc4c3oc3ccccc34)n2)cc1. The van der Waals surface area contributed by atoms with Gasteiger partial charge in [0.1, 0.15) is 11.2 Å². The van der Waals surface area contributed by atoms with Crippen LogP contribution in [0.1, 0.15) is 0 Å². The van der Waals surface area contributed by atoms with Crippen LogP contribution in [0.4, 0.5) is 0 Å². The van der Waals surface area contributed by atoms with Crippen molar-refractivity contribution in [1.29, 1.82) is 0 Å². The van der Waals surface area contributed by atoms with Crippen molar-refractivity contribution in [2.75, 3.05) is 0 Å². The fraction of sp³-hybridized carbons (Fsp3) is 0. The van der Waals surface area contributed by atoms with E-state index in [1.165, 1.54) is 43.4 Å². The van der Waals surface area contributed by atoms with Crippen LogP contribution in [0, 0.1) is 0 Å². The van der Waals surface area contributed by atoms with E-state index in [1.807, 2.05) is 36.4 Å². The molecule has 5 heteroatoms. The molecule has 0 amide bonds. The zero-order valence-electron chi connectivity index (χ0n) is 33.3. The van der Waals surface area contributed by atoms with E-state index < -0.39 is 0 Å². The predicted molar refractivity (Wildman–Crippen MR) is 256 cm³/mol. The molecular weight excluding hydrogens is 757 g/mol. The van der Waals surface area contributed by atoms with Gasteiger partial charge in [-0.25, -0.2) is 15.0 Å². The predicted octanol–water partition coefficient (Wildman–Crippen LogP) is 15.0. The van der Waals surface area contributed by atoms with Crippen molar-refractivity contribution in [2.45, 2.75) is 0 Å². The number of rotatable bonds is 5. The Morgan fingerprint density at radius 1 is 0.306 bits per heavy atom. The van der Waals surface area contributed by atoms with E-state index in [1.54, 1.807) is 0 Å². The van der Waals surface area contributed by atoms with Crippen LogP contribution >= 0.6 is 0 Å². The molecule has 0 atom stereocenters. The Balaban J connectivity index is 1.17. The van der Waals surface area contributed by atoms with E-state index in [0.717, 1.165) is 66.1 Å². The van der Waals surface area contributed by atoms with E-state index >= 15 is 0 Å². The second-order valence-corrected chi connectivity index (χ2v) is 15.9. The Morgan fingerprint density at radius 3 is 1.56 bits per heavy atom. The summed E-state index contributed by atoms with van der Waals surface area (Å²) in [6.45, 7) is 0. The van der Waals surface area contributed by atoms with Crippen molar-refractivity contribution in [2.24, 2.45) is 0 Å². The summed E-state index contributed by atoms with van der Waals surface area (Å²) in [4.78, 5) is 16.1. The number of aromatic nitrogens is 4. The summed E-state index contributed by atoms with van der Waals surface area (Å²) in [5.74, 6) is 1.70. The lowest BCUT2D eigenvalue weighted by Gasteiger charge is -2.18. The smallest absolute Gasteiger partial charge is 0.167 e. The Kier molecular flexibility index (Phi) is 7.54. The van der Waals surface area contributed by atoms with E-state index in [4.69, 9.17) is 19.4 Å². The monoisotopic (exact) mass is 790 g/mol. The van der Waals surface area contributed by atoms with Crippen LogP contribution in [-0.4, -0.2) is 19.5 Å². The van der Waals surface area contributed by atoms with Gasteiger partial charge in [0.15, 0.2) is 17.5 Å². The van der Waals surface area contributed by atoms with E-state index in [0.29, 0.717) is 17.5 Å². The first kappa shape index (κ1) is 34.5. The Morgan fingerprint density at radius 2 is 0.839 bits per heavy atom. The van der Waals surface area contributed by atoms with Gasteiger partial charge in [-0.05, 0) is 85.9 Å². The minimum absolute atomic E-state index is 0.544. The van der Waals surface area contributed by atoms with Gasteiger partial charge in [-0.3, -0.25) is 0 Å². The van der Waals surface area contributed by atoms with E-state index in [2.05, 4.69) is 174 Å². The molecule has 10 aromatic carbocycles. The minimum Gasteiger partial charge on any atom is -0.455 e. The molecule has 0 aliphatic rings. The minimum atomic E-state index is 0.544. The van der Waals surface area contributed by atoms with Crippen LogP contribution in [0.15, 0.2) is 211 Å². The van der Waals surface area contributed by atoms with Crippen molar-refractivity contribution in [3.63, 3.8) is 0 Å². The fourth-order valence-electron chi connectivity index (χ4n) is 9.60. The lowest BCUT2D eigenvalue weighted by Crippen LogP contribution is -2.04. The summed E-state index contributed by atoms with van der Waals surface area (Å²) in [6, 6.07) is 72.8. The van der Waals surface area contributed by atoms with Gasteiger partial charge in [0.25, 0.3) is 0 Å². The first-order valence-corrected chi connectivity index (χ1v) is 20.9. The standard InChI is InChI=1S/C57H34N4O/c1-3-16-35(17-4-1)37-30-31-51-48(32-37)42-24-11-13-28-50(42)61(51)52-34-47-41-23-10-8-21-39(41)38-20-7-9-22-40(38)46(47)33-49(52)57-59-55(36-18-5-2-6-19-36)58-56(60-57)45-27-15-26-44-43-25-12-14-29-53(43)62-54(44)45/h1-34H. The number of benzene rings is 10. The first-order chi connectivity index (χ1) is 30.7. The maximum Gasteiger partial charge on any atom is 0.167 e. The van der Waals surface area contributed by atoms with Crippen molar-refractivity contribution in [1.82, 2.24) is 19.5 Å². The molecule has 0 radical (unpaired) electrons. The molecule has 0 saturated heterocycles. The van der Waals surface area contributed by atoms with Gasteiger partial charge in [0.05, 0.1) is 22.3 Å². The fourth-order valence-corrected chi connectivity index (χ4v) is 9.60. The number of hydrogen-bond acceptors (Lipinski definition) is 4. The first-order valence-electron chi connectivity index (χ1n) is 20.9. The van der Waals surface area contributed by atoms with Crippen molar-refractivity contribution in [3.8, 4) is 51.0 Å². The van der Waals surface area contributed by atoms with Crippen LogP contribution in [0.2, 0.25) is 0 Å². The highest BCUT2D eigenvalue weighted by atomic mass is 16.3. The van der Waals surface area contributed by atoms with Gasteiger partial charge >= 0.3 is 0 Å². The van der Waals surface area contributed by atoms with Gasteiger partial charge in [0.2, 0.25) is 0 Å². The number of hydrogen-bond donors (Lipinski definition) is 0. The highest BCUT2D eigenvalue weighted by Gasteiger charge is 2.23. The van der Waals surface area contributed by atoms with Gasteiger partial charge < -0.3 is 8.98 Å². The lowest BCUT2D eigenvalue weighted by atomic mass is 9.92. The van der Waals surface area contributed by atoms with Crippen LogP contribution in [-0.2, 0) is 0 Å². The lowest BCUT2D eigenvalue weighted by molar-refractivity contribution is 0.669. The average molecular weight is 791 g/mol. The van der Waals surface area contributed by atoms with E-state index in [-0.39, 0.29) is 0 Å². The molecule has 13 rings (SSSR count). The summed E-state index contributed by atoms with van der Waals surface area (Å²) in [5.41, 5.74) is 9.71. The highest BCUT2D eigenvalue weighted by molar-refractivity contribution is 6.26. The number of para-hydroxylation sites is 3. The second kappa shape index (κ2) is 13.6. The Labute approximate surface area is 355 Å². The summed E-state index contributed by atoms with van der Waals surface area (Å²) in [5, 5.41) is 11.5. The molecule has 0 aliphatic heterocycles. The number of fused-ring (bicyclic) bond motifs is 12. The summed E-state index contributed by atoms with van der Waals surface area (Å²) < 4.78 is 9.00. The molecule has 0 N–H and O–H groups in total. The van der Waals surface area contributed by atoms with Crippen molar-refractivity contribution >= 4 is 76.1 Å². The molecule has 3 heterocycles. The van der Waals surface area contributed by atoms with Crippen LogP contribution in [0.25, 0.3) is 127 Å². The highest BCUT2D eigenvalue weighted by Crippen LogP contribution is 2.44. The third-order valence-corrected chi connectivity index (χ3v) is 12.4. The molecule has 0 fully saturated rings. The van der Waals surface area contributed by atoms with Crippen molar-refractivity contribution in [3.05, 3.63) is 206 Å². The zero-order valence-corrected chi connectivity index (χ0v) is 33.3. The molecule has 0 aliphatic carbocycles. The van der Waals surface area contributed by atoms with E-state index in [9.17, 15) is 0 Å². The molecular formula is C57H34N4O. The van der Waals surface area contributed by atoms with Gasteiger partial charge in [-0.2, -0.15) is 0 Å². The number of furan rings is 1. The van der Waals surface area contributed by atoms with Gasteiger partial charge in [0, 0.05) is 32.7 Å². The molecule has 62 heavy (non-hydrogen) atoms. The molecule has 288 valence electrons. The third kappa shape index (κ3) is 5.25. The molecule has 3 aromatic heterocycles. The summed E-state index contributed by atoms with van der Waals surface area (Å²) in [6.07, 6.45) is 0. The largest absolute Gasteiger partial charge is 0.455 e. The van der Waals surface area contributed by atoms with Gasteiger partial charge in [-0.15, -0.1) is 0 Å². The zero-order chi connectivity index (χ0) is 40.7. The maximum atomic E-state index is 6.59. The molecule has 0 unspecified atom stereocenters. The van der Waals surface area contributed by atoms with Crippen LogP contribution in [0.5, 0.6) is 0 Å². The Hall–Kier alpha value is -8.41. The maximum absolute atomic E-state index is 6.59. The summed E-state index contributed by atoms with van der Waals surface area (Å²) >= 11 is 0. The van der Waals surface area contributed by atoms with Gasteiger partial charge in [-0.1, -0.05) is 164 Å². The van der Waals surface area contributed by atoms with Crippen LogP contribution < -0.4 is 0 Å².